The summed E-state index contributed by atoms with van der Waals surface area (Å²) in [7, 11) is 0. The van der Waals surface area contributed by atoms with Crippen molar-refractivity contribution in [3.8, 4) is 0 Å². The Balaban J connectivity index is 2.09. The molecular weight excluding hydrogens is 454 g/mol. The Labute approximate surface area is 183 Å². The predicted octanol–water partition coefficient (Wildman–Crippen LogP) is 4.77. The van der Waals surface area contributed by atoms with E-state index in [-0.39, 0.29) is 33.9 Å². The lowest BCUT2D eigenvalue weighted by atomic mass is 9.99. The number of halogens is 6. The van der Waals surface area contributed by atoms with Crippen molar-refractivity contribution in [1.82, 2.24) is 15.0 Å². The van der Waals surface area contributed by atoms with E-state index in [4.69, 9.17) is 5.73 Å². The third-order valence-electron chi connectivity index (χ3n) is 4.69. The molecule has 0 saturated carbocycles. The van der Waals surface area contributed by atoms with Crippen LogP contribution >= 0.6 is 0 Å². The van der Waals surface area contributed by atoms with Gasteiger partial charge in [0.1, 0.15) is 11.0 Å². The molecule has 0 spiro atoms. The fraction of sp³-hybridized carbons (Fsp3) is 0.300. The number of carbonyl (C=O) groups excluding carboxylic acids is 1. The van der Waals surface area contributed by atoms with Crippen LogP contribution < -0.4 is 16.4 Å². The summed E-state index contributed by atoms with van der Waals surface area (Å²) < 4.78 is 79.1. The van der Waals surface area contributed by atoms with Gasteiger partial charge in [0.2, 0.25) is 5.95 Å². The lowest BCUT2D eigenvalue weighted by Crippen LogP contribution is -2.18. The van der Waals surface area contributed by atoms with E-state index in [2.05, 4.69) is 25.6 Å². The minimum atomic E-state index is -5.21. The Morgan fingerprint density at radius 2 is 1.70 bits per heavy atom. The number of hydrogen-bond donors (Lipinski definition) is 3. The number of nitrogens with two attached hydrogens (primary N) is 1. The van der Waals surface area contributed by atoms with Gasteiger partial charge in [0, 0.05) is 12.7 Å². The summed E-state index contributed by atoms with van der Waals surface area (Å²) in [5.74, 6) is -0.626. The van der Waals surface area contributed by atoms with Crippen LogP contribution in [0.2, 0.25) is 0 Å². The smallest absolute Gasteiger partial charge is 0.366 e. The Morgan fingerprint density at radius 3 is 2.27 bits per heavy atom. The highest BCUT2D eigenvalue weighted by atomic mass is 19.4. The number of rotatable bonds is 6. The molecular formula is C20H18F6N6O. The molecule has 4 N–H and O–H groups in total. The van der Waals surface area contributed by atoms with Gasteiger partial charge in [-0.05, 0) is 37.6 Å². The maximum Gasteiger partial charge on any atom is 0.417 e. The van der Waals surface area contributed by atoms with Crippen molar-refractivity contribution in [2.45, 2.75) is 32.2 Å². The van der Waals surface area contributed by atoms with Crippen LogP contribution in [0.5, 0.6) is 0 Å². The molecule has 1 atom stereocenters. The second-order valence-electron chi connectivity index (χ2n) is 7.01. The topological polar surface area (TPSA) is 106 Å². The number of anilines is 2. The minimum Gasteiger partial charge on any atom is -0.366 e. The van der Waals surface area contributed by atoms with Crippen LogP contribution in [0.25, 0.3) is 11.0 Å². The van der Waals surface area contributed by atoms with Crippen LogP contribution in [-0.2, 0) is 12.4 Å². The average Bonchev–Trinajstić information content (AvgIpc) is 2.71. The number of primary amides is 1. The van der Waals surface area contributed by atoms with Crippen LogP contribution in [0, 0.1) is 0 Å². The summed E-state index contributed by atoms with van der Waals surface area (Å²) in [5, 5.41) is 5.71. The number of pyridine rings is 1. The molecule has 176 valence electrons. The number of hydrogen-bond acceptors (Lipinski definition) is 6. The molecule has 0 saturated heterocycles. The van der Waals surface area contributed by atoms with Crippen LogP contribution in [-0.4, -0.2) is 27.4 Å². The van der Waals surface area contributed by atoms with E-state index < -0.39 is 35.4 Å². The molecule has 33 heavy (non-hydrogen) atoms. The molecule has 0 fully saturated rings. The largest absolute Gasteiger partial charge is 0.417 e. The van der Waals surface area contributed by atoms with Crippen LogP contribution in [0.1, 0.15) is 46.9 Å². The predicted molar refractivity (Wildman–Crippen MR) is 108 cm³/mol. The van der Waals surface area contributed by atoms with Gasteiger partial charge < -0.3 is 16.4 Å². The molecule has 0 unspecified atom stereocenters. The molecule has 13 heteroatoms. The molecule has 0 radical (unpaired) electrons. The lowest BCUT2D eigenvalue weighted by Gasteiger charge is -2.21. The summed E-state index contributed by atoms with van der Waals surface area (Å²) in [4.78, 5) is 24.3. The third kappa shape index (κ3) is 5.07. The molecule has 1 aromatic carbocycles. The van der Waals surface area contributed by atoms with E-state index in [0.717, 1.165) is 6.07 Å². The molecule has 0 aliphatic carbocycles. The molecule has 3 aromatic rings. The highest BCUT2D eigenvalue weighted by Gasteiger charge is 2.43. The standard InChI is InChI=1S/C20H18F6N6O/c1-3-28-18-31-14-11(16(27)33)6-7-29-15(14)17(32-18)30-9(2)10-4-5-12(19(21,22)23)13(8-10)20(24,25)26/h4-9H,3H2,1-2H3,(H2,27,33)(H2,28,30,31,32)/t9-/m0/s1. The quantitative estimate of drug-likeness (QED) is 0.447. The zero-order valence-corrected chi connectivity index (χ0v) is 17.3. The molecule has 0 aliphatic heterocycles. The first kappa shape index (κ1) is 24.0. The van der Waals surface area contributed by atoms with Gasteiger partial charge in [0.25, 0.3) is 5.91 Å². The van der Waals surface area contributed by atoms with Crippen molar-refractivity contribution in [3.05, 3.63) is 52.7 Å². The molecule has 0 bridgehead atoms. The molecule has 3 rings (SSSR count). The molecule has 7 nitrogen and oxygen atoms in total. The van der Waals surface area contributed by atoms with Gasteiger partial charge in [-0.3, -0.25) is 9.78 Å². The van der Waals surface area contributed by atoms with Gasteiger partial charge in [0.15, 0.2) is 5.82 Å². The van der Waals surface area contributed by atoms with E-state index in [9.17, 15) is 31.1 Å². The Kier molecular flexibility index (Phi) is 6.34. The first-order valence-corrected chi connectivity index (χ1v) is 9.58. The second kappa shape index (κ2) is 8.71. The van der Waals surface area contributed by atoms with Gasteiger partial charge >= 0.3 is 12.4 Å². The Hall–Kier alpha value is -3.64. The van der Waals surface area contributed by atoms with Gasteiger partial charge in [-0.2, -0.15) is 31.3 Å². The lowest BCUT2D eigenvalue weighted by molar-refractivity contribution is -0.162. The van der Waals surface area contributed by atoms with Crippen LogP contribution in [0.4, 0.5) is 38.1 Å². The van der Waals surface area contributed by atoms with E-state index in [1.165, 1.54) is 19.2 Å². The average molecular weight is 472 g/mol. The number of carbonyl (C=O) groups is 1. The monoisotopic (exact) mass is 472 g/mol. The highest BCUT2D eigenvalue weighted by molar-refractivity contribution is 6.05. The van der Waals surface area contributed by atoms with Gasteiger partial charge in [-0.1, -0.05) is 6.07 Å². The minimum absolute atomic E-state index is 0.0474. The first-order valence-electron chi connectivity index (χ1n) is 9.58. The molecule has 1 amide bonds. The summed E-state index contributed by atoms with van der Waals surface area (Å²) >= 11 is 0. The van der Waals surface area contributed by atoms with E-state index >= 15 is 0 Å². The SMILES string of the molecule is CCNc1nc(N[C@@H](C)c2ccc(C(F)(F)F)c(C(F)(F)F)c2)c2nccc(C(N)=O)c2n1. The van der Waals surface area contributed by atoms with Crippen molar-refractivity contribution >= 4 is 28.7 Å². The van der Waals surface area contributed by atoms with Gasteiger partial charge in [-0.25, -0.2) is 4.98 Å². The second-order valence-corrected chi connectivity index (χ2v) is 7.01. The van der Waals surface area contributed by atoms with Crippen molar-refractivity contribution in [1.29, 1.82) is 0 Å². The van der Waals surface area contributed by atoms with Crippen molar-refractivity contribution in [2.24, 2.45) is 5.73 Å². The summed E-state index contributed by atoms with van der Waals surface area (Å²) in [5.41, 5.74) is 2.01. The number of fused-ring (bicyclic) bond motifs is 1. The number of aromatic nitrogens is 3. The van der Waals surface area contributed by atoms with Crippen LogP contribution in [0.15, 0.2) is 30.5 Å². The van der Waals surface area contributed by atoms with Crippen LogP contribution in [0.3, 0.4) is 0 Å². The zero-order valence-electron chi connectivity index (χ0n) is 17.3. The fourth-order valence-electron chi connectivity index (χ4n) is 3.17. The summed E-state index contributed by atoms with van der Waals surface area (Å²) in [6, 6.07) is 2.22. The maximum atomic E-state index is 13.3. The van der Waals surface area contributed by atoms with Gasteiger partial charge in [0.05, 0.1) is 22.7 Å². The number of benzene rings is 1. The fourth-order valence-corrected chi connectivity index (χ4v) is 3.17. The van der Waals surface area contributed by atoms with Gasteiger partial charge in [-0.15, -0.1) is 0 Å². The molecule has 2 heterocycles. The Morgan fingerprint density at radius 1 is 1.03 bits per heavy atom. The first-order chi connectivity index (χ1) is 15.3. The summed E-state index contributed by atoms with van der Waals surface area (Å²) in [6.07, 6.45) is -9.09. The van der Waals surface area contributed by atoms with Crippen molar-refractivity contribution < 1.29 is 31.1 Å². The Bertz CT molecular complexity index is 1190. The number of nitrogens with one attached hydrogen (secondary N) is 2. The van der Waals surface area contributed by atoms with Crippen molar-refractivity contribution in [2.75, 3.05) is 17.2 Å². The van der Waals surface area contributed by atoms with E-state index in [0.29, 0.717) is 18.7 Å². The van der Waals surface area contributed by atoms with Crippen molar-refractivity contribution in [3.63, 3.8) is 0 Å². The van der Waals surface area contributed by atoms with E-state index in [1.807, 2.05) is 0 Å². The van der Waals surface area contributed by atoms with E-state index in [1.54, 1.807) is 6.92 Å². The molecule has 2 aromatic heterocycles. The number of alkyl halides is 6. The highest BCUT2D eigenvalue weighted by Crippen LogP contribution is 2.41. The zero-order chi connectivity index (χ0) is 24.6. The maximum absolute atomic E-state index is 13.3. The summed E-state index contributed by atoms with van der Waals surface area (Å²) in [6.45, 7) is 3.63. The molecule has 0 aliphatic rings. The third-order valence-corrected chi connectivity index (χ3v) is 4.69. The normalized spacial score (nSPS) is 13.1. The number of amides is 1. The number of nitrogens with zero attached hydrogens (tertiary/aromatic N) is 3.